The second kappa shape index (κ2) is 13.1. The van der Waals surface area contributed by atoms with E-state index in [9.17, 15) is 19.6 Å². The van der Waals surface area contributed by atoms with Crippen molar-refractivity contribution in [2.75, 3.05) is 0 Å². The van der Waals surface area contributed by atoms with Crippen LogP contribution in [0.2, 0.25) is 0 Å². The average molecular weight is 632 g/mol. The maximum Gasteiger partial charge on any atom is 0.333 e. The van der Waals surface area contributed by atoms with E-state index in [2.05, 4.69) is 34.6 Å². The number of nitrogens with zero attached hydrogens (tertiary/aromatic N) is 6. The Labute approximate surface area is 266 Å². The first-order valence-electron chi connectivity index (χ1n) is 15.6. The Morgan fingerprint density at radius 3 is 2.44 bits per heavy atom. The SMILES string of the molecule is CCc1ccccc1[C@H](Cn1c(=O)n(C(C)(C)C(=O)NC(C)C)c(=O)c2c(C)c(-n3nccn3)sc21)O[C@H]1CC[C@@H](C#N)CC1. The lowest BCUT2D eigenvalue weighted by molar-refractivity contribution is -0.129. The zero-order chi connectivity index (χ0) is 32.5. The molecule has 0 saturated heterocycles. The number of rotatable bonds is 10. The molecule has 1 aliphatic rings. The molecule has 1 aromatic carbocycles. The van der Waals surface area contributed by atoms with Crippen LogP contribution in [0.1, 0.15) is 83.1 Å². The lowest BCUT2D eigenvalue weighted by atomic mass is 9.88. The third kappa shape index (κ3) is 6.24. The third-order valence-corrected chi connectivity index (χ3v) is 9.95. The molecular formula is C33H41N7O4S. The molecule has 5 rings (SSSR count). The molecule has 12 heteroatoms. The Balaban J connectivity index is 1.72. The van der Waals surface area contributed by atoms with Crippen molar-refractivity contribution >= 4 is 27.5 Å². The first-order chi connectivity index (χ1) is 21.5. The maximum absolute atomic E-state index is 14.6. The van der Waals surface area contributed by atoms with Gasteiger partial charge in [0.05, 0.1) is 36.5 Å². The van der Waals surface area contributed by atoms with E-state index in [1.165, 1.54) is 16.1 Å². The molecule has 1 saturated carbocycles. The number of amides is 1. The van der Waals surface area contributed by atoms with Gasteiger partial charge < -0.3 is 10.1 Å². The molecule has 1 fully saturated rings. The summed E-state index contributed by atoms with van der Waals surface area (Å²) in [6.45, 7) is 10.9. The quantitative estimate of drug-likeness (QED) is 0.266. The summed E-state index contributed by atoms with van der Waals surface area (Å²) in [5.41, 5.74) is 0.0859. The molecule has 1 N–H and O–H groups in total. The Hall–Kier alpha value is -4.08. The summed E-state index contributed by atoms with van der Waals surface area (Å²) in [5, 5.41) is 21.8. The highest BCUT2D eigenvalue weighted by atomic mass is 32.1. The van der Waals surface area contributed by atoms with Gasteiger partial charge in [-0.3, -0.25) is 14.2 Å². The Morgan fingerprint density at radius 2 is 1.82 bits per heavy atom. The number of carbonyl (C=O) groups is 1. The number of carbonyl (C=O) groups excluding carboxylic acids is 1. The molecule has 4 aromatic rings. The summed E-state index contributed by atoms with van der Waals surface area (Å²) in [6.07, 6.45) is 6.33. The van der Waals surface area contributed by atoms with Gasteiger partial charge in [-0.25, -0.2) is 9.36 Å². The molecule has 45 heavy (non-hydrogen) atoms. The normalized spacial score (nSPS) is 17.8. The van der Waals surface area contributed by atoms with Crippen LogP contribution in [0.5, 0.6) is 0 Å². The average Bonchev–Trinajstić information content (AvgIpc) is 3.66. The van der Waals surface area contributed by atoms with Crippen LogP contribution in [0, 0.1) is 24.2 Å². The van der Waals surface area contributed by atoms with Gasteiger partial charge in [0.25, 0.3) is 5.56 Å². The number of fused-ring (bicyclic) bond motifs is 1. The van der Waals surface area contributed by atoms with Gasteiger partial charge in [0, 0.05) is 17.5 Å². The van der Waals surface area contributed by atoms with E-state index >= 15 is 0 Å². The molecule has 1 aliphatic carbocycles. The van der Waals surface area contributed by atoms with E-state index in [0.717, 1.165) is 47.8 Å². The summed E-state index contributed by atoms with van der Waals surface area (Å²) in [7, 11) is 0. The Bertz CT molecular complexity index is 1840. The van der Waals surface area contributed by atoms with Crippen LogP contribution in [-0.4, -0.2) is 42.2 Å². The fourth-order valence-corrected chi connectivity index (χ4v) is 7.37. The van der Waals surface area contributed by atoms with Gasteiger partial charge in [-0.2, -0.15) is 15.5 Å². The smallest absolute Gasteiger partial charge is 0.333 e. The van der Waals surface area contributed by atoms with E-state index in [1.807, 2.05) is 39.0 Å². The first kappa shape index (κ1) is 32.3. The van der Waals surface area contributed by atoms with Crippen LogP contribution in [0.4, 0.5) is 0 Å². The molecule has 0 spiro atoms. The summed E-state index contributed by atoms with van der Waals surface area (Å²) < 4.78 is 9.49. The second-order valence-electron chi connectivity index (χ2n) is 12.5. The number of thiophene rings is 1. The van der Waals surface area contributed by atoms with Gasteiger partial charge in [-0.05, 0) is 77.8 Å². The van der Waals surface area contributed by atoms with Gasteiger partial charge in [0.15, 0.2) is 0 Å². The van der Waals surface area contributed by atoms with Crippen LogP contribution in [-0.2, 0) is 28.0 Å². The summed E-state index contributed by atoms with van der Waals surface area (Å²) in [6, 6.07) is 10.2. The molecule has 1 atom stereocenters. The minimum atomic E-state index is -1.49. The maximum atomic E-state index is 14.6. The Morgan fingerprint density at radius 1 is 1.16 bits per heavy atom. The van der Waals surface area contributed by atoms with Gasteiger partial charge in [-0.1, -0.05) is 42.5 Å². The monoisotopic (exact) mass is 631 g/mol. The van der Waals surface area contributed by atoms with Crippen LogP contribution in [0.3, 0.4) is 0 Å². The summed E-state index contributed by atoms with van der Waals surface area (Å²) in [5.74, 6) is -0.400. The molecule has 11 nitrogen and oxygen atoms in total. The van der Waals surface area contributed by atoms with E-state index in [1.54, 1.807) is 30.8 Å². The van der Waals surface area contributed by atoms with Crippen molar-refractivity contribution in [2.24, 2.45) is 5.92 Å². The van der Waals surface area contributed by atoms with Crippen LogP contribution in [0.25, 0.3) is 15.2 Å². The van der Waals surface area contributed by atoms with Crippen molar-refractivity contribution in [1.82, 2.24) is 29.4 Å². The van der Waals surface area contributed by atoms with E-state index in [0.29, 0.717) is 20.8 Å². The number of hydrogen-bond acceptors (Lipinski definition) is 8. The van der Waals surface area contributed by atoms with Gasteiger partial charge in [0.2, 0.25) is 5.91 Å². The van der Waals surface area contributed by atoms with Crippen molar-refractivity contribution in [3.63, 3.8) is 0 Å². The molecule has 0 unspecified atom stereocenters. The van der Waals surface area contributed by atoms with E-state index in [-0.39, 0.29) is 24.6 Å². The van der Waals surface area contributed by atoms with E-state index in [4.69, 9.17) is 4.74 Å². The molecular weight excluding hydrogens is 590 g/mol. The largest absolute Gasteiger partial charge is 0.368 e. The zero-order valence-electron chi connectivity index (χ0n) is 26.7. The highest BCUT2D eigenvalue weighted by molar-refractivity contribution is 7.21. The lowest BCUT2D eigenvalue weighted by Crippen LogP contribution is -2.56. The third-order valence-electron chi connectivity index (χ3n) is 8.67. The van der Waals surface area contributed by atoms with E-state index < -0.39 is 28.8 Å². The van der Waals surface area contributed by atoms with Crippen molar-refractivity contribution < 1.29 is 9.53 Å². The predicted molar refractivity (Wildman–Crippen MR) is 174 cm³/mol. The van der Waals surface area contributed by atoms with Crippen molar-refractivity contribution in [2.45, 2.75) is 104 Å². The predicted octanol–water partition coefficient (Wildman–Crippen LogP) is 4.78. The van der Waals surface area contributed by atoms with Crippen LogP contribution in [0.15, 0.2) is 46.2 Å². The number of ether oxygens (including phenoxy) is 1. The molecule has 3 aromatic heterocycles. The highest BCUT2D eigenvalue weighted by Gasteiger charge is 2.37. The number of aryl methyl sites for hydroxylation is 2. The molecule has 0 radical (unpaired) electrons. The number of nitriles is 1. The van der Waals surface area contributed by atoms with Crippen LogP contribution < -0.4 is 16.6 Å². The minimum Gasteiger partial charge on any atom is -0.368 e. The summed E-state index contributed by atoms with van der Waals surface area (Å²) >= 11 is 1.27. The number of hydrogen-bond donors (Lipinski definition) is 1. The van der Waals surface area contributed by atoms with Gasteiger partial charge >= 0.3 is 5.69 Å². The van der Waals surface area contributed by atoms with Crippen LogP contribution >= 0.6 is 11.3 Å². The zero-order valence-corrected chi connectivity index (χ0v) is 27.6. The van der Waals surface area contributed by atoms with Gasteiger partial charge in [-0.15, -0.1) is 4.80 Å². The number of aromatic nitrogens is 5. The second-order valence-corrected chi connectivity index (χ2v) is 13.5. The number of nitrogens with one attached hydrogen (secondary N) is 1. The van der Waals surface area contributed by atoms with Crippen molar-refractivity contribution in [1.29, 1.82) is 5.26 Å². The fraction of sp³-hybridized carbons (Fsp3) is 0.515. The number of benzene rings is 1. The fourth-order valence-electron chi connectivity index (χ4n) is 6.15. The topological polar surface area (TPSA) is 137 Å². The first-order valence-corrected chi connectivity index (χ1v) is 16.4. The van der Waals surface area contributed by atoms with Gasteiger partial charge in [0.1, 0.15) is 21.5 Å². The molecule has 0 bridgehead atoms. The van der Waals surface area contributed by atoms with Crippen molar-refractivity contribution in [3.05, 3.63) is 74.2 Å². The Kier molecular flexibility index (Phi) is 9.41. The minimum absolute atomic E-state index is 0.0275. The molecule has 238 valence electrons. The summed E-state index contributed by atoms with van der Waals surface area (Å²) in [4.78, 5) is 44.2. The van der Waals surface area contributed by atoms with Crippen molar-refractivity contribution in [3.8, 4) is 11.1 Å². The molecule has 3 heterocycles. The molecule has 0 aliphatic heterocycles. The molecule has 1 amide bonds. The standard InChI is InChI=1S/C33H41N7O4S/c1-7-23-10-8-9-11-25(23)26(44-24-14-12-22(18-34)13-15-24)19-38-30-27(21(4)29(45-30)40-35-16-17-36-40)28(41)39(32(38)43)33(5,6)31(42)37-20(2)3/h8-11,16-17,20,22,24,26H,7,12-15,19H2,1-6H3,(H,37,42)/t22-,24+,26-/m0/s1. The lowest BCUT2D eigenvalue weighted by Gasteiger charge is -2.32. The highest BCUT2D eigenvalue weighted by Crippen LogP contribution is 2.35.